The second kappa shape index (κ2) is 7.18. The smallest absolute Gasteiger partial charge is 0.0270 e. The lowest BCUT2D eigenvalue weighted by Gasteiger charge is -2.14. The second-order valence-electron chi connectivity index (χ2n) is 3.75. The van der Waals surface area contributed by atoms with Crippen LogP contribution in [0, 0.1) is 0 Å². The third-order valence-corrected chi connectivity index (χ3v) is 2.66. The Morgan fingerprint density at radius 3 is 2.73 bits per heavy atom. The Bertz CT molecular complexity index is 269. The van der Waals surface area contributed by atoms with Crippen molar-refractivity contribution in [3.05, 3.63) is 42.7 Å². The minimum Gasteiger partial charge on any atom is -0.317 e. The van der Waals surface area contributed by atoms with Crippen LogP contribution in [0.5, 0.6) is 0 Å². The molecular formula is C13H20N2. The maximum atomic E-state index is 4.01. The SMILES string of the molecule is C=CCCC(CCc1ccncc1)NC. The molecule has 0 fully saturated rings. The van der Waals surface area contributed by atoms with E-state index in [1.165, 1.54) is 18.4 Å². The summed E-state index contributed by atoms with van der Waals surface area (Å²) in [5, 5.41) is 3.34. The van der Waals surface area contributed by atoms with Gasteiger partial charge in [0.2, 0.25) is 0 Å². The zero-order chi connectivity index (χ0) is 10.9. The lowest BCUT2D eigenvalue weighted by atomic mass is 10.0. The number of hydrogen-bond acceptors (Lipinski definition) is 2. The average Bonchev–Trinajstić information content (AvgIpc) is 2.31. The van der Waals surface area contributed by atoms with E-state index in [2.05, 4.69) is 29.0 Å². The highest BCUT2D eigenvalue weighted by Gasteiger charge is 2.04. The Morgan fingerprint density at radius 1 is 1.40 bits per heavy atom. The van der Waals surface area contributed by atoms with Gasteiger partial charge < -0.3 is 5.32 Å². The minimum atomic E-state index is 0.594. The number of rotatable bonds is 7. The Kier molecular flexibility index (Phi) is 5.71. The number of pyridine rings is 1. The molecule has 1 heterocycles. The molecule has 0 saturated carbocycles. The zero-order valence-corrected chi connectivity index (χ0v) is 9.45. The fraction of sp³-hybridized carbons (Fsp3) is 0.462. The molecule has 0 radical (unpaired) electrons. The Labute approximate surface area is 92.4 Å². The first-order chi connectivity index (χ1) is 7.36. The predicted molar refractivity (Wildman–Crippen MR) is 64.8 cm³/mol. The van der Waals surface area contributed by atoms with Crippen LogP contribution in [-0.4, -0.2) is 18.1 Å². The molecule has 1 aromatic rings. The summed E-state index contributed by atoms with van der Waals surface area (Å²) < 4.78 is 0. The van der Waals surface area contributed by atoms with Gasteiger partial charge in [-0.1, -0.05) is 6.08 Å². The monoisotopic (exact) mass is 204 g/mol. The summed E-state index contributed by atoms with van der Waals surface area (Å²) in [4.78, 5) is 4.01. The van der Waals surface area contributed by atoms with Gasteiger partial charge in [-0.15, -0.1) is 6.58 Å². The molecule has 0 aliphatic rings. The first kappa shape index (κ1) is 11.9. The third kappa shape index (κ3) is 4.75. The molecule has 2 heteroatoms. The fourth-order valence-electron chi connectivity index (χ4n) is 1.64. The maximum absolute atomic E-state index is 4.01. The molecule has 0 aromatic carbocycles. The van der Waals surface area contributed by atoms with Crippen LogP contribution in [0.25, 0.3) is 0 Å². The number of allylic oxidation sites excluding steroid dienone is 1. The number of aryl methyl sites for hydroxylation is 1. The van der Waals surface area contributed by atoms with Crippen LogP contribution >= 0.6 is 0 Å². The van der Waals surface area contributed by atoms with Gasteiger partial charge in [0.25, 0.3) is 0 Å². The van der Waals surface area contributed by atoms with Gasteiger partial charge in [0.1, 0.15) is 0 Å². The van der Waals surface area contributed by atoms with Crippen LogP contribution in [0.15, 0.2) is 37.2 Å². The molecule has 1 aromatic heterocycles. The van der Waals surface area contributed by atoms with Crippen molar-refractivity contribution < 1.29 is 0 Å². The average molecular weight is 204 g/mol. The number of hydrogen-bond donors (Lipinski definition) is 1. The highest BCUT2D eigenvalue weighted by Crippen LogP contribution is 2.07. The Balaban J connectivity index is 2.31. The van der Waals surface area contributed by atoms with E-state index in [4.69, 9.17) is 0 Å². The normalized spacial score (nSPS) is 12.3. The second-order valence-corrected chi connectivity index (χ2v) is 3.75. The topological polar surface area (TPSA) is 24.9 Å². The van der Waals surface area contributed by atoms with Crippen molar-refractivity contribution in [1.29, 1.82) is 0 Å². The first-order valence-corrected chi connectivity index (χ1v) is 5.54. The van der Waals surface area contributed by atoms with Crippen LogP contribution in [0.2, 0.25) is 0 Å². The molecule has 1 N–H and O–H groups in total. The van der Waals surface area contributed by atoms with Gasteiger partial charge >= 0.3 is 0 Å². The van der Waals surface area contributed by atoms with Gasteiger partial charge in [-0.05, 0) is 50.4 Å². The van der Waals surface area contributed by atoms with Gasteiger partial charge in [0.15, 0.2) is 0 Å². The molecule has 0 aliphatic heterocycles. The van der Waals surface area contributed by atoms with Gasteiger partial charge in [-0.3, -0.25) is 4.98 Å². The molecule has 0 aliphatic carbocycles. The summed E-state index contributed by atoms with van der Waals surface area (Å²) >= 11 is 0. The molecule has 1 rings (SSSR count). The predicted octanol–water partition coefficient (Wildman–Crippen LogP) is 2.57. The lowest BCUT2D eigenvalue weighted by Crippen LogP contribution is -2.25. The molecule has 15 heavy (non-hydrogen) atoms. The largest absolute Gasteiger partial charge is 0.317 e. The van der Waals surface area contributed by atoms with Crippen LogP contribution in [-0.2, 0) is 6.42 Å². The van der Waals surface area contributed by atoms with Gasteiger partial charge in [0, 0.05) is 18.4 Å². The van der Waals surface area contributed by atoms with E-state index in [-0.39, 0.29) is 0 Å². The highest BCUT2D eigenvalue weighted by molar-refractivity contribution is 5.09. The quantitative estimate of drug-likeness (QED) is 0.690. The molecule has 2 nitrogen and oxygen atoms in total. The van der Waals surface area contributed by atoms with E-state index >= 15 is 0 Å². The standard InChI is InChI=1S/C13H20N2/c1-3-4-5-13(14-2)7-6-12-8-10-15-11-9-12/h3,8-11,13-14H,1,4-7H2,2H3. The molecule has 0 bridgehead atoms. The first-order valence-electron chi connectivity index (χ1n) is 5.54. The number of nitrogens with one attached hydrogen (secondary N) is 1. The Hall–Kier alpha value is -1.15. The summed E-state index contributed by atoms with van der Waals surface area (Å²) in [6.45, 7) is 3.75. The maximum Gasteiger partial charge on any atom is 0.0270 e. The summed E-state index contributed by atoms with van der Waals surface area (Å²) in [6, 6.07) is 4.76. The lowest BCUT2D eigenvalue weighted by molar-refractivity contribution is 0.493. The molecule has 1 unspecified atom stereocenters. The summed E-state index contributed by atoms with van der Waals surface area (Å²) in [5.41, 5.74) is 1.36. The van der Waals surface area contributed by atoms with Crippen molar-refractivity contribution >= 4 is 0 Å². The molecule has 0 saturated heterocycles. The summed E-state index contributed by atoms with van der Waals surface area (Å²) in [5.74, 6) is 0. The van der Waals surface area contributed by atoms with E-state index in [0.29, 0.717) is 6.04 Å². The fourth-order valence-corrected chi connectivity index (χ4v) is 1.64. The zero-order valence-electron chi connectivity index (χ0n) is 9.45. The molecule has 0 spiro atoms. The van der Waals surface area contributed by atoms with Crippen molar-refractivity contribution in [2.75, 3.05) is 7.05 Å². The highest BCUT2D eigenvalue weighted by atomic mass is 14.9. The van der Waals surface area contributed by atoms with Crippen molar-refractivity contribution in [3.63, 3.8) is 0 Å². The van der Waals surface area contributed by atoms with Crippen LogP contribution in [0.3, 0.4) is 0 Å². The summed E-state index contributed by atoms with van der Waals surface area (Å²) in [6.07, 6.45) is 10.2. The van der Waals surface area contributed by atoms with E-state index in [1.807, 2.05) is 25.5 Å². The number of aromatic nitrogens is 1. The van der Waals surface area contributed by atoms with Gasteiger partial charge in [0.05, 0.1) is 0 Å². The Morgan fingerprint density at radius 2 is 2.13 bits per heavy atom. The van der Waals surface area contributed by atoms with E-state index < -0.39 is 0 Å². The van der Waals surface area contributed by atoms with Crippen molar-refractivity contribution in [2.24, 2.45) is 0 Å². The van der Waals surface area contributed by atoms with Crippen molar-refractivity contribution in [1.82, 2.24) is 10.3 Å². The van der Waals surface area contributed by atoms with Gasteiger partial charge in [-0.2, -0.15) is 0 Å². The van der Waals surface area contributed by atoms with E-state index in [9.17, 15) is 0 Å². The minimum absolute atomic E-state index is 0.594. The molecular weight excluding hydrogens is 184 g/mol. The number of nitrogens with zero attached hydrogens (tertiary/aromatic N) is 1. The summed E-state index contributed by atoms with van der Waals surface area (Å²) in [7, 11) is 2.03. The van der Waals surface area contributed by atoms with E-state index in [1.54, 1.807) is 0 Å². The van der Waals surface area contributed by atoms with Crippen molar-refractivity contribution in [3.8, 4) is 0 Å². The van der Waals surface area contributed by atoms with Crippen molar-refractivity contribution in [2.45, 2.75) is 31.7 Å². The molecule has 1 atom stereocenters. The van der Waals surface area contributed by atoms with Crippen LogP contribution in [0.4, 0.5) is 0 Å². The van der Waals surface area contributed by atoms with E-state index in [0.717, 1.165) is 12.8 Å². The van der Waals surface area contributed by atoms with Gasteiger partial charge in [-0.25, -0.2) is 0 Å². The molecule has 0 amide bonds. The third-order valence-electron chi connectivity index (χ3n) is 2.66. The molecule has 82 valence electrons. The van der Waals surface area contributed by atoms with Crippen LogP contribution < -0.4 is 5.32 Å². The van der Waals surface area contributed by atoms with Crippen LogP contribution in [0.1, 0.15) is 24.8 Å².